The van der Waals surface area contributed by atoms with Crippen LogP contribution in [0.15, 0.2) is 53.6 Å². The average Bonchev–Trinajstić information content (AvgIpc) is 3.27. The molecule has 0 saturated heterocycles. The zero-order chi connectivity index (χ0) is 23.7. The molecule has 2 aromatic rings. The summed E-state index contributed by atoms with van der Waals surface area (Å²) in [5.74, 6) is -2.57. The number of benzene rings is 1. The number of ether oxygens (including phenoxy) is 2. The van der Waals surface area contributed by atoms with Crippen LogP contribution in [0.2, 0.25) is 0 Å². The maximum absolute atomic E-state index is 13.0. The molecule has 168 valence electrons. The van der Waals surface area contributed by atoms with E-state index in [1.807, 2.05) is 0 Å². The van der Waals surface area contributed by atoms with Crippen molar-refractivity contribution in [1.82, 2.24) is 4.98 Å². The molecule has 1 fully saturated rings. The molecule has 10 heteroatoms. The van der Waals surface area contributed by atoms with Crippen LogP contribution < -0.4 is 4.74 Å². The summed E-state index contributed by atoms with van der Waals surface area (Å²) in [6.45, 7) is 3.22. The number of hydrogen-bond donors (Lipinski definition) is 0. The lowest BCUT2D eigenvalue weighted by Gasteiger charge is -2.12. The van der Waals surface area contributed by atoms with Crippen molar-refractivity contribution in [2.75, 3.05) is 0 Å². The van der Waals surface area contributed by atoms with Crippen LogP contribution in [-0.2, 0) is 9.53 Å². The fraction of sp³-hybridized carbons (Fsp3) is 0.318. The average molecular weight is 469 g/mol. The van der Waals surface area contributed by atoms with Crippen LogP contribution in [-0.4, -0.2) is 17.1 Å². The number of aromatic nitrogens is 1. The molecule has 3 rings (SSSR count). The quantitative estimate of drug-likeness (QED) is 0.379. The molecule has 0 radical (unpaired) electrons. The number of carbonyl (C=O) groups is 1. The highest BCUT2D eigenvalue weighted by molar-refractivity contribution is 6.30. The Hall–Kier alpha value is -3.12. The number of esters is 1. The Bertz CT molecular complexity index is 1080. The van der Waals surface area contributed by atoms with Crippen LogP contribution in [0.3, 0.4) is 0 Å². The first-order chi connectivity index (χ1) is 14.9. The van der Waals surface area contributed by atoms with E-state index < -0.39 is 46.3 Å². The van der Waals surface area contributed by atoms with Crippen molar-refractivity contribution in [2.45, 2.75) is 26.1 Å². The van der Waals surface area contributed by atoms with E-state index in [1.165, 1.54) is 42.5 Å². The maximum Gasteiger partial charge on any atom is 0.426 e. The normalized spacial score (nSPS) is 20.8. The number of nitrogens with zero attached hydrogens (tertiary/aromatic N) is 2. The predicted molar refractivity (Wildman–Crippen MR) is 106 cm³/mol. The molecular weight excluding hydrogens is 452 g/mol. The summed E-state index contributed by atoms with van der Waals surface area (Å²) in [7, 11) is 0. The lowest BCUT2D eigenvalue weighted by molar-refractivity contribution is -0.149. The summed E-state index contributed by atoms with van der Waals surface area (Å²) in [6.07, 6.45) is -5.32. The van der Waals surface area contributed by atoms with Crippen molar-refractivity contribution in [3.63, 3.8) is 0 Å². The second-order valence-corrected chi connectivity index (χ2v) is 8.15. The van der Waals surface area contributed by atoms with Gasteiger partial charge in [-0.05, 0) is 41.7 Å². The lowest BCUT2D eigenvalue weighted by atomic mass is 10.1. The molecule has 5 nitrogen and oxygen atoms in total. The third-order valence-corrected chi connectivity index (χ3v) is 5.50. The summed E-state index contributed by atoms with van der Waals surface area (Å²) in [5.41, 5.74) is -0.747. The standard InChI is InChI=1S/C22H17ClF4N2O3/c1-21(2)14(10-17(23)22(25,26)27)19(21)20(30)32-16(11-28)15-4-3-5-18(29-15)31-13-8-6-12(24)7-9-13/h3-10,14,16,19H,1-2H3/t14-,16?,19-/m1/s1. The first-order valence-electron chi connectivity index (χ1n) is 9.38. The molecule has 1 aliphatic rings. The summed E-state index contributed by atoms with van der Waals surface area (Å²) in [5, 5.41) is 8.15. The van der Waals surface area contributed by atoms with E-state index >= 15 is 0 Å². The van der Waals surface area contributed by atoms with E-state index in [4.69, 9.17) is 21.1 Å². The topological polar surface area (TPSA) is 72.2 Å². The molecule has 0 aliphatic heterocycles. The van der Waals surface area contributed by atoms with Crippen LogP contribution in [0.1, 0.15) is 25.6 Å². The van der Waals surface area contributed by atoms with E-state index in [1.54, 1.807) is 19.9 Å². The van der Waals surface area contributed by atoms with Gasteiger partial charge in [0.05, 0.1) is 11.6 Å². The smallest absolute Gasteiger partial charge is 0.426 e. The van der Waals surface area contributed by atoms with Gasteiger partial charge in [-0.25, -0.2) is 9.37 Å². The Balaban J connectivity index is 1.72. The van der Waals surface area contributed by atoms with Crippen molar-refractivity contribution >= 4 is 17.6 Å². The minimum atomic E-state index is -4.71. The van der Waals surface area contributed by atoms with Crippen LogP contribution in [0.25, 0.3) is 0 Å². The van der Waals surface area contributed by atoms with Gasteiger partial charge < -0.3 is 9.47 Å². The molecule has 0 N–H and O–H groups in total. The fourth-order valence-electron chi connectivity index (χ4n) is 3.29. The van der Waals surface area contributed by atoms with Crippen molar-refractivity contribution in [3.8, 4) is 17.7 Å². The van der Waals surface area contributed by atoms with Gasteiger partial charge in [-0.1, -0.05) is 37.6 Å². The highest BCUT2D eigenvalue weighted by Crippen LogP contribution is 2.60. The Morgan fingerprint density at radius 2 is 1.91 bits per heavy atom. The molecular formula is C22H17ClF4N2O3. The minimum absolute atomic E-state index is 0.0688. The number of alkyl halides is 3. The number of pyridine rings is 1. The van der Waals surface area contributed by atoms with Crippen LogP contribution >= 0.6 is 11.6 Å². The molecule has 1 aliphatic carbocycles. The molecule has 1 heterocycles. The van der Waals surface area contributed by atoms with E-state index in [0.29, 0.717) is 5.75 Å². The SMILES string of the molecule is CC1(C)[C@H](C=C(Cl)C(F)(F)F)[C@@H]1C(=O)OC(C#N)c1cccc(Oc2ccc(F)cc2)n1. The highest BCUT2D eigenvalue weighted by atomic mass is 35.5. The molecule has 1 unspecified atom stereocenters. The van der Waals surface area contributed by atoms with Crippen molar-refractivity contribution in [3.05, 3.63) is 65.1 Å². The summed E-state index contributed by atoms with van der Waals surface area (Å²) in [6, 6.07) is 11.4. The Labute approximate surface area is 186 Å². The molecule has 0 amide bonds. The second-order valence-electron chi connectivity index (χ2n) is 7.74. The molecule has 3 atom stereocenters. The van der Waals surface area contributed by atoms with Crippen molar-refractivity contribution in [2.24, 2.45) is 17.3 Å². The maximum atomic E-state index is 13.0. The Morgan fingerprint density at radius 1 is 1.25 bits per heavy atom. The monoisotopic (exact) mass is 468 g/mol. The molecule has 32 heavy (non-hydrogen) atoms. The highest BCUT2D eigenvalue weighted by Gasteiger charge is 2.62. The van der Waals surface area contributed by atoms with Gasteiger partial charge in [0.15, 0.2) is 0 Å². The number of nitriles is 1. The van der Waals surface area contributed by atoms with Gasteiger partial charge in [-0.15, -0.1) is 0 Å². The van der Waals surface area contributed by atoms with E-state index in [-0.39, 0.29) is 11.6 Å². The van der Waals surface area contributed by atoms with Gasteiger partial charge in [0, 0.05) is 6.07 Å². The zero-order valence-electron chi connectivity index (χ0n) is 16.9. The third kappa shape index (κ3) is 5.19. The molecule has 1 aromatic carbocycles. The van der Waals surface area contributed by atoms with Gasteiger partial charge >= 0.3 is 12.1 Å². The molecule has 0 spiro atoms. The van der Waals surface area contributed by atoms with Gasteiger partial charge in [0.25, 0.3) is 0 Å². The van der Waals surface area contributed by atoms with E-state index in [9.17, 15) is 27.6 Å². The third-order valence-electron chi connectivity index (χ3n) is 5.16. The van der Waals surface area contributed by atoms with E-state index in [0.717, 1.165) is 6.08 Å². The zero-order valence-corrected chi connectivity index (χ0v) is 17.6. The van der Waals surface area contributed by atoms with E-state index in [2.05, 4.69) is 4.98 Å². The number of rotatable bonds is 6. The fourth-order valence-corrected chi connectivity index (χ4v) is 3.43. The Morgan fingerprint density at radius 3 is 2.50 bits per heavy atom. The van der Waals surface area contributed by atoms with Gasteiger partial charge in [0.2, 0.25) is 12.0 Å². The first kappa shape index (κ1) is 23.5. The first-order valence-corrected chi connectivity index (χ1v) is 9.76. The minimum Gasteiger partial charge on any atom is -0.440 e. The van der Waals surface area contributed by atoms with Crippen LogP contribution in [0, 0.1) is 34.4 Å². The van der Waals surface area contributed by atoms with Crippen molar-refractivity contribution in [1.29, 1.82) is 5.26 Å². The second kappa shape index (κ2) is 8.79. The van der Waals surface area contributed by atoms with Crippen LogP contribution in [0.4, 0.5) is 17.6 Å². The molecule has 1 saturated carbocycles. The summed E-state index contributed by atoms with van der Waals surface area (Å²) in [4.78, 5) is 16.7. The Kier molecular flexibility index (Phi) is 6.46. The molecule has 0 bridgehead atoms. The van der Waals surface area contributed by atoms with Crippen LogP contribution in [0.5, 0.6) is 11.6 Å². The van der Waals surface area contributed by atoms with Gasteiger partial charge in [-0.3, -0.25) is 4.79 Å². The van der Waals surface area contributed by atoms with Gasteiger partial charge in [-0.2, -0.15) is 18.4 Å². The number of hydrogen-bond acceptors (Lipinski definition) is 5. The largest absolute Gasteiger partial charge is 0.440 e. The number of halogens is 5. The summed E-state index contributed by atoms with van der Waals surface area (Å²) >= 11 is 5.30. The molecule has 1 aromatic heterocycles. The number of carbonyl (C=O) groups excluding carboxylic acids is 1. The predicted octanol–water partition coefficient (Wildman–Crippen LogP) is 6.08. The van der Waals surface area contributed by atoms with Gasteiger partial charge in [0.1, 0.15) is 22.7 Å². The lowest BCUT2D eigenvalue weighted by Crippen LogP contribution is -2.15. The summed E-state index contributed by atoms with van der Waals surface area (Å²) < 4.78 is 61.9. The van der Waals surface area contributed by atoms with Crippen molar-refractivity contribution < 1.29 is 31.8 Å². The number of allylic oxidation sites excluding steroid dienone is 2.